The molecule has 0 saturated carbocycles. The van der Waals surface area contributed by atoms with Gasteiger partial charge in [-0.15, -0.1) is 0 Å². The highest BCUT2D eigenvalue weighted by Gasteiger charge is 2.16. The summed E-state index contributed by atoms with van der Waals surface area (Å²) < 4.78 is 2.37. The van der Waals surface area contributed by atoms with Gasteiger partial charge >= 0.3 is 0 Å². The van der Waals surface area contributed by atoms with Crippen molar-refractivity contribution < 1.29 is 0 Å². The van der Waals surface area contributed by atoms with Crippen LogP contribution in [0.1, 0.15) is 0 Å². The number of para-hydroxylation sites is 3. The lowest BCUT2D eigenvalue weighted by atomic mass is 9.89. The second-order valence-corrected chi connectivity index (χ2v) is 15.3. The number of benzene rings is 10. The average molecular weight is 765 g/mol. The highest BCUT2D eigenvalue weighted by atomic mass is 15.1. The zero-order valence-corrected chi connectivity index (χ0v) is 33.0. The van der Waals surface area contributed by atoms with Crippen molar-refractivity contribution in [3.63, 3.8) is 0 Å². The molecule has 0 bridgehead atoms. The second kappa shape index (κ2) is 15.1. The summed E-state index contributed by atoms with van der Waals surface area (Å²) in [5.41, 5.74) is 16.5. The summed E-state index contributed by atoms with van der Waals surface area (Å²) in [5.74, 6) is 0. The van der Waals surface area contributed by atoms with Gasteiger partial charge in [-0.3, -0.25) is 0 Å². The monoisotopic (exact) mass is 764 g/mol. The molecule has 11 aromatic rings. The van der Waals surface area contributed by atoms with E-state index in [1.54, 1.807) is 0 Å². The van der Waals surface area contributed by atoms with E-state index in [1.165, 1.54) is 77.1 Å². The molecule has 0 amide bonds. The molecule has 0 atom stereocenters. The van der Waals surface area contributed by atoms with Gasteiger partial charge < -0.3 is 9.47 Å². The first-order chi connectivity index (χ1) is 29.8. The molecule has 0 aliphatic heterocycles. The first-order valence-electron chi connectivity index (χ1n) is 20.6. The molecule has 60 heavy (non-hydrogen) atoms. The topological polar surface area (TPSA) is 8.17 Å². The third-order valence-corrected chi connectivity index (χ3v) is 11.8. The van der Waals surface area contributed by atoms with Gasteiger partial charge in [-0.1, -0.05) is 176 Å². The maximum absolute atomic E-state index is 2.37. The van der Waals surface area contributed by atoms with E-state index in [9.17, 15) is 0 Å². The van der Waals surface area contributed by atoms with Crippen LogP contribution in [0.2, 0.25) is 0 Å². The van der Waals surface area contributed by atoms with Crippen molar-refractivity contribution in [1.29, 1.82) is 0 Å². The Morgan fingerprint density at radius 1 is 0.267 bits per heavy atom. The van der Waals surface area contributed by atoms with Crippen molar-refractivity contribution in [3.8, 4) is 50.2 Å². The molecule has 0 spiro atoms. The summed E-state index contributed by atoms with van der Waals surface area (Å²) in [5, 5.41) is 5.05. The molecule has 2 nitrogen and oxygen atoms in total. The number of nitrogens with zero attached hydrogens (tertiary/aromatic N) is 2. The van der Waals surface area contributed by atoms with Gasteiger partial charge in [0.05, 0.1) is 11.0 Å². The molecule has 2 heteroatoms. The molecule has 10 aromatic carbocycles. The zero-order valence-electron chi connectivity index (χ0n) is 33.0. The smallest absolute Gasteiger partial charge is 0.0541 e. The number of rotatable bonds is 8. The van der Waals surface area contributed by atoms with E-state index in [-0.39, 0.29) is 0 Å². The summed E-state index contributed by atoms with van der Waals surface area (Å²) in [6, 6.07) is 87.7. The minimum atomic E-state index is 1.10. The van der Waals surface area contributed by atoms with E-state index in [4.69, 9.17) is 0 Å². The Labute approximate surface area is 350 Å². The van der Waals surface area contributed by atoms with Crippen LogP contribution in [0.15, 0.2) is 243 Å². The standard InChI is InChI=1S/C58H40N2/c1-3-14-45(15-4-1)56-40-46(32-39-53(56)52-23-13-17-44-16-7-8-20-51(44)52)43-30-35-49(36-31-43)59(47-18-5-2-6-19-47)48-33-26-41(27-34-48)42-28-37-50(38-29-42)60-57-24-11-9-21-54(57)55-22-10-12-25-58(55)60/h1-40H. The van der Waals surface area contributed by atoms with E-state index in [1.807, 2.05) is 0 Å². The summed E-state index contributed by atoms with van der Waals surface area (Å²) in [6.45, 7) is 0. The summed E-state index contributed by atoms with van der Waals surface area (Å²) in [6.07, 6.45) is 0. The second-order valence-electron chi connectivity index (χ2n) is 15.3. The highest BCUT2D eigenvalue weighted by molar-refractivity contribution is 6.09. The number of hydrogen-bond acceptors (Lipinski definition) is 1. The van der Waals surface area contributed by atoms with Crippen LogP contribution in [0, 0.1) is 0 Å². The quantitative estimate of drug-likeness (QED) is 0.150. The van der Waals surface area contributed by atoms with E-state index in [2.05, 4.69) is 252 Å². The van der Waals surface area contributed by atoms with E-state index >= 15 is 0 Å². The van der Waals surface area contributed by atoms with E-state index in [0.29, 0.717) is 0 Å². The number of anilines is 3. The van der Waals surface area contributed by atoms with Gasteiger partial charge in [-0.25, -0.2) is 0 Å². The van der Waals surface area contributed by atoms with Crippen molar-refractivity contribution in [1.82, 2.24) is 4.57 Å². The third-order valence-electron chi connectivity index (χ3n) is 11.8. The van der Waals surface area contributed by atoms with Crippen LogP contribution in [-0.2, 0) is 0 Å². The fourth-order valence-electron chi connectivity index (χ4n) is 8.91. The SMILES string of the molecule is c1ccc(-c2cc(-c3ccc(N(c4ccccc4)c4ccc(-c5ccc(-n6c7ccccc7c7ccccc76)cc5)cc4)cc3)ccc2-c2cccc3ccccc23)cc1. The van der Waals surface area contributed by atoms with Crippen LogP contribution in [0.25, 0.3) is 82.8 Å². The lowest BCUT2D eigenvalue weighted by molar-refractivity contribution is 1.18. The first kappa shape index (κ1) is 35.2. The first-order valence-corrected chi connectivity index (χ1v) is 20.6. The highest BCUT2D eigenvalue weighted by Crippen LogP contribution is 2.41. The Balaban J connectivity index is 0.915. The third kappa shape index (κ3) is 6.32. The van der Waals surface area contributed by atoms with E-state index < -0.39 is 0 Å². The van der Waals surface area contributed by atoms with Crippen LogP contribution in [0.4, 0.5) is 17.1 Å². The molecule has 0 N–H and O–H groups in total. The largest absolute Gasteiger partial charge is 0.311 e. The molecule has 0 aliphatic rings. The molecule has 282 valence electrons. The Morgan fingerprint density at radius 2 is 0.733 bits per heavy atom. The van der Waals surface area contributed by atoms with Crippen molar-refractivity contribution >= 4 is 49.6 Å². The molecular weight excluding hydrogens is 725 g/mol. The van der Waals surface area contributed by atoms with Crippen LogP contribution >= 0.6 is 0 Å². The van der Waals surface area contributed by atoms with Gasteiger partial charge in [0, 0.05) is 33.5 Å². The Morgan fingerprint density at radius 3 is 1.37 bits per heavy atom. The minimum Gasteiger partial charge on any atom is -0.311 e. The molecule has 1 heterocycles. The predicted octanol–water partition coefficient (Wildman–Crippen LogP) is 16.1. The van der Waals surface area contributed by atoms with Gasteiger partial charge in [0.1, 0.15) is 0 Å². The lowest BCUT2D eigenvalue weighted by Gasteiger charge is -2.26. The van der Waals surface area contributed by atoms with Crippen LogP contribution in [-0.4, -0.2) is 4.57 Å². The predicted molar refractivity (Wildman–Crippen MR) is 255 cm³/mol. The normalized spacial score (nSPS) is 11.3. The Kier molecular flexibility index (Phi) is 8.87. The van der Waals surface area contributed by atoms with Crippen LogP contribution < -0.4 is 4.90 Å². The van der Waals surface area contributed by atoms with Gasteiger partial charge in [0.15, 0.2) is 0 Å². The fraction of sp³-hybridized carbons (Fsp3) is 0. The number of fused-ring (bicyclic) bond motifs is 4. The number of hydrogen-bond donors (Lipinski definition) is 0. The summed E-state index contributed by atoms with van der Waals surface area (Å²) in [7, 11) is 0. The van der Waals surface area contributed by atoms with E-state index in [0.717, 1.165) is 22.7 Å². The molecule has 0 saturated heterocycles. The Hall–Kier alpha value is -7.94. The van der Waals surface area contributed by atoms with Crippen molar-refractivity contribution in [2.24, 2.45) is 0 Å². The van der Waals surface area contributed by atoms with Crippen LogP contribution in [0.3, 0.4) is 0 Å². The molecular formula is C58H40N2. The fourth-order valence-corrected chi connectivity index (χ4v) is 8.91. The lowest BCUT2D eigenvalue weighted by Crippen LogP contribution is -2.09. The molecule has 0 unspecified atom stereocenters. The van der Waals surface area contributed by atoms with Crippen molar-refractivity contribution in [2.45, 2.75) is 0 Å². The minimum absolute atomic E-state index is 1.10. The maximum Gasteiger partial charge on any atom is 0.0541 e. The van der Waals surface area contributed by atoms with Gasteiger partial charge in [-0.2, -0.15) is 0 Å². The average Bonchev–Trinajstić information content (AvgIpc) is 3.67. The zero-order chi connectivity index (χ0) is 39.8. The molecule has 0 aliphatic carbocycles. The molecule has 0 fully saturated rings. The Bertz CT molecular complexity index is 3210. The molecule has 11 rings (SSSR count). The van der Waals surface area contributed by atoms with Gasteiger partial charge in [0.2, 0.25) is 0 Å². The summed E-state index contributed by atoms with van der Waals surface area (Å²) in [4.78, 5) is 2.33. The van der Waals surface area contributed by atoms with Crippen molar-refractivity contribution in [3.05, 3.63) is 243 Å². The van der Waals surface area contributed by atoms with Crippen LogP contribution in [0.5, 0.6) is 0 Å². The van der Waals surface area contributed by atoms with Gasteiger partial charge in [-0.05, 0) is 122 Å². The molecule has 0 radical (unpaired) electrons. The number of aromatic nitrogens is 1. The summed E-state index contributed by atoms with van der Waals surface area (Å²) >= 11 is 0. The molecule has 1 aromatic heterocycles. The maximum atomic E-state index is 2.37. The van der Waals surface area contributed by atoms with Crippen molar-refractivity contribution in [2.75, 3.05) is 4.90 Å². The van der Waals surface area contributed by atoms with Gasteiger partial charge in [0.25, 0.3) is 0 Å².